The average Bonchev–Trinajstić information content (AvgIpc) is 2.03. The summed E-state index contributed by atoms with van der Waals surface area (Å²) in [5.41, 5.74) is -1.45. The summed E-state index contributed by atoms with van der Waals surface area (Å²) in [7, 11) is 0. The number of hydrogen-bond donors (Lipinski definition) is 0. The van der Waals surface area contributed by atoms with Crippen LogP contribution in [0.25, 0.3) is 0 Å². The fourth-order valence-electron chi connectivity index (χ4n) is 0.731. The number of rotatable bonds is 2. The lowest BCUT2D eigenvalue weighted by Crippen LogP contribution is -2.00. The van der Waals surface area contributed by atoms with Gasteiger partial charge in [-0.25, -0.2) is 18.2 Å². The Labute approximate surface area is 76.3 Å². The Morgan fingerprint density at radius 3 is 2.62 bits per heavy atom. The normalized spacial score (nSPS) is 10.5. The topological polar surface area (TPSA) is 30.0 Å². The molecule has 0 unspecified atom stereocenters. The van der Waals surface area contributed by atoms with Crippen molar-refractivity contribution in [1.82, 2.24) is 4.98 Å². The van der Waals surface area contributed by atoms with Gasteiger partial charge in [0.1, 0.15) is 11.4 Å². The minimum atomic E-state index is -3.06. The molecule has 1 aromatic heterocycles. The Morgan fingerprint density at radius 1 is 1.54 bits per heavy atom. The standard InChI is InChI=1S/C7H3ClF3NO/c8-3-1-4(9)6(7(10)11)12-5(3)2-13/h1-2,7H. The number of aromatic nitrogens is 1. The molecule has 0 bridgehead atoms. The number of aldehydes is 1. The van der Waals surface area contributed by atoms with Crippen molar-refractivity contribution in [3.8, 4) is 0 Å². The minimum absolute atomic E-state index is 0.188. The molecule has 1 rings (SSSR count). The minimum Gasteiger partial charge on any atom is -0.296 e. The van der Waals surface area contributed by atoms with Gasteiger partial charge in [0.15, 0.2) is 12.1 Å². The molecule has 0 aliphatic heterocycles. The highest BCUT2D eigenvalue weighted by molar-refractivity contribution is 6.32. The molecule has 6 heteroatoms. The van der Waals surface area contributed by atoms with E-state index in [1.54, 1.807) is 0 Å². The van der Waals surface area contributed by atoms with Gasteiger partial charge in [0.05, 0.1) is 5.02 Å². The SMILES string of the molecule is O=Cc1nc(C(F)F)c(F)cc1Cl. The predicted molar refractivity (Wildman–Crippen MR) is 39.5 cm³/mol. The molecule has 0 atom stereocenters. The lowest BCUT2D eigenvalue weighted by Gasteiger charge is -2.02. The highest BCUT2D eigenvalue weighted by Crippen LogP contribution is 2.23. The van der Waals surface area contributed by atoms with E-state index in [9.17, 15) is 18.0 Å². The first-order valence-corrected chi connectivity index (χ1v) is 3.53. The molecule has 70 valence electrons. The van der Waals surface area contributed by atoms with Crippen LogP contribution >= 0.6 is 11.6 Å². The van der Waals surface area contributed by atoms with Crippen LogP contribution < -0.4 is 0 Å². The lowest BCUT2D eigenvalue weighted by atomic mass is 10.3. The van der Waals surface area contributed by atoms with Crippen molar-refractivity contribution in [2.45, 2.75) is 6.43 Å². The molecule has 1 heterocycles. The number of pyridine rings is 1. The van der Waals surface area contributed by atoms with Crippen molar-refractivity contribution in [2.24, 2.45) is 0 Å². The smallest absolute Gasteiger partial charge is 0.283 e. The Bertz CT molecular complexity index is 343. The molecule has 0 spiro atoms. The Kier molecular flexibility index (Phi) is 2.87. The first-order valence-electron chi connectivity index (χ1n) is 3.15. The van der Waals surface area contributed by atoms with Gasteiger partial charge in [-0.2, -0.15) is 0 Å². The third-order valence-electron chi connectivity index (χ3n) is 1.30. The zero-order valence-corrected chi connectivity index (χ0v) is 6.86. The van der Waals surface area contributed by atoms with E-state index in [1.165, 1.54) is 0 Å². The average molecular weight is 210 g/mol. The molecule has 0 saturated heterocycles. The van der Waals surface area contributed by atoms with E-state index in [4.69, 9.17) is 11.6 Å². The maximum absolute atomic E-state index is 12.7. The molecule has 0 aliphatic rings. The third-order valence-corrected chi connectivity index (χ3v) is 1.60. The number of carbonyl (C=O) groups excluding carboxylic acids is 1. The number of hydrogen-bond acceptors (Lipinski definition) is 2. The van der Waals surface area contributed by atoms with Crippen molar-refractivity contribution in [1.29, 1.82) is 0 Å². The third kappa shape index (κ3) is 1.98. The van der Waals surface area contributed by atoms with Gasteiger partial charge in [-0.05, 0) is 6.07 Å². The molecule has 2 nitrogen and oxygen atoms in total. The number of carbonyl (C=O) groups is 1. The zero-order chi connectivity index (χ0) is 10.0. The maximum Gasteiger partial charge on any atom is 0.283 e. The van der Waals surface area contributed by atoms with Crippen LogP contribution in [0.15, 0.2) is 6.07 Å². The van der Waals surface area contributed by atoms with Crippen LogP contribution in [-0.4, -0.2) is 11.3 Å². The van der Waals surface area contributed by atoms with Gasteiger partial charge in [0.2, 0.25) is 0 Å². The van der Waals surface area contributed by atoms with Gasteiger partial charge >= 0.3 is 0 Å². The van der Waals surface area contributed by atoms with Gasteiger partial charge in [-0.3, -0.25) is 4.79 Å². The van der Waals surface area contributed by atoms with E-state index in [0.29, 0.717) is 6.07 Å². The van der Waals surface area contributed by atoms with E-state index in [-0.39, 0.29) is 11.3 Å². The molecular formula is C7H3ClF3NO. The second-order valence-electron chi connectivity index (χ2n) is 2.14. The van der Waals surface area contributed by atoms with Gasteiger partial charge < -0.3 is 0 Å². The summed E-state index contributed by atoms with van der Waals surface area (Å²) in [5.74, 6) is -1.22. The maximum atomic E-state index is 12.7. The van der Waals surface area contributed by atoms with Gasteiger partial charge in [-0.1, -0.05) is 11.6 Å². The van der Waals surface area contributed by atoms with Crippen LogP contribution in [0.3, 0.4) is 0 Å². The van der Waals surface area contributed by atoms with Crippen LogP contribution in [-0.2, 0) is 0 Å². The Morgan fingerprint density at radius 2 is 2.15 bits per heavy atom. The Hall–Kier alpha value is -1.10. The van der Waals surface area contributed by atoms with Crippen molar-refractivity contribution < 1.29 is 18.0 Å². The summed E-state index contributed by atoms with van der Waals surface area (Å²) in [6.07, 6.45) is -2.87. The van der Waals surface area contributed by atoms with Crippen molar-refractivity contribution in [2.75, 3.05) is 0 Å². The second kappa shape index (κ2) is 3.74. The summed E-state index contributed by atoms with van der Waals surface area (Å²) in [6.45, 7) is 0. The first kappa shape index (κ1) is 9.98. The lowest BCUT2D eigenvalue weighted by molar-refractivity contribution is 0.111. The van der Waals surface area contributed by atoms with Crippen molar-refractivity contribution in [3.63, 3.8) is 0 Å². The van der Waals surface area contributed by atoms with Crippen LogP contribution in [0.2, 0.25) is 5.02 Å². The summed E-state index contributed by atoms with van der Waals surface area (Å²) >= 11 is 5.33. The molecule has 0 fully saturated rings. The molecule has 0 N–H and O–H groups in total. The summed E-state index contributed by atoms with van der Waals surface area (Å²) in [6, 6.07) is 0.639. The van der Waals surface area contributed by atoms with E-state index in [2.05, 4.69) is 4.98 Å². The molecule has 0 radical (unpaired) electrons. The molecule has 0 aromatic carbocycles. The van der Waals surface area contributed by atoms with E-state index in [1.807, 2.05) is 0 Å². The van der Waals surface area contributed by atoms with Crippen LogP contribution in [0, 0.1) is 5.82 Å². The molecule has 0 amide bonds. The summed E-state index contributed by atoms with van der Waals surface area (Å²) < 4.78 is 36.7. The first-order chi connectivity index (χ1) is 6.06. The van der Waals surface area contributed by atoms with Gasteiger partial charge in [0.25, 0.3) is 6.43 Å². The van der Waals surface area contributed by atoms with Crippen LogP contribution in [0.1, 0.15) is 22.6 Å². The Balaban J connectivity index is 3.30. The fraction of sp³-hybridized carbons (Fsp3) is 0.143. The monoisotopic (exact) mass is 209 g/mol. The fourth-order valence-corrected chi connectivity index (χ4v) is 0.914. The van der Waals surface area contributed by atoms with Crippen LogP contribution in [0.4, 0.5) is 13.2 Å². The quantitative estimate of drug-likeness (QED) is 0.701. The van der Waals surface area contributed by atoms with E-state index in [0.717, 1.165) is 0 Å². The number of nitrogens with zero attached hydrogens (tertiary/aromatic N) is 1. The van der Waals surface area contributed by atoms with E-state index < -0.39 is 23.6 Å². The zero-order valence-electron chi connectivity index (χ0n) is 6.10. The molecule has 0 aliphatic carbocycles. The summed E-state index contributed by atoms with van der Waals surface area (Å²) in [4.78, 5) is 13.3. The molecule has 13 heavy (non-hydrogen) atoms. The highest BCUT2D eigenvalue weighted by atomic mass is 35.5. The molecular weight excluding hydrogens is 207 g/mol. The largest absolute Gasteiger partial charge is 0.296 e. The van der Waals surface area contributed by atoms with Gasteiger partial charge in [0, 0.05) is 0 Å². The van der Waals surface area contributed by atoms with Gasteiger partial charge in [-0.15, -0.1) is 0 Å². The van der Waals surface area contributed by atoms with E-state index >= 15 is 0 Å². The van der Waals surface area contributed by atoms with Crippen LogP contribution in [0.5, 0.6) is 0 Å². The second-order valence-corrected chi connectivity index (χ2v) is 2.55. The molecule has 0 saturated carbocycles. The van der Waals surface area contributed by atoms with Crippen molar-refractivity contribution >= 4 is 17.9 Å². The number of alkyl halides is 2. The molecule has 1 aromatic rings. The van der Waals surface area contributed by atoms with Crippen molar-refractivity contribution in [3.05, 3.63) is 28.3 Å². The predicted octanol–water partition coefficient (Wildman–Crippen LogP) is 2.62. The summed E-state index contributed by atoms with van der Waals surface area (Å²) in [5, 5.41) is -0.281. The number of halogens is 4. The highest BCUT2D eigenvalue weighted by Gasteiger charge is 2.17.